The number of ether oxygens (including phenoxy) is 2. The summed E-state index contributed by atoms with van der Waals surface area (Å²) in [4.78, 5) is 37.5. The fourth-order valence-electron chi connectivity index (χ4n) is 6.04. The molecule has 0 rings (SSSR count). The molecule has 0 aromatic heterocycles. The number of rotatable bonds is 41. The maximum Gasteiger partial charge on any atom is 0.306 e. The molecule has 0 spiro atoms. The summed E-state index contributed by atoms with van der Waals surface area (Å²) in [6, 6.07) is 0. The zero-order valence-electron chi connectivity index (χ0n) is 36.8. The quantitative estimate of drug-likeness (QED) is 0.0197. The SMILES string of the molecule is CCCCCCCCCC/C=C/CCCCCC(=O)O[C@H](COC(=O)CCC/C=C/C/C=C/CCCCCCCCCCC)COP(=O)([O-])OCC[N+](C)(C)C. The number of likely N-dealkylation sites (N-methyl/N-ethyl adjacent to an activating group) is 1. The van der Waals surface area contributed by atoms with Gasteiger partial charge in [-0.15, -0.1) is 0 Å². The van der Waals surface area contributed by atoms with E-state index in [0.717, 1.165) is 44.9 Å². The predicted octanol–water partition coefficient (Wildman–Crippen LogP) is 12.3. The molecule has 0 N–H and O–H groups in total. The van der Waals surface area contributed by atoms with E-state index in [-0.39, 0.29) is 26.1 Å². The first-order chi connectivity index (χ1) is 27.0. The van der Waals surface area contributed by atoms with Crippen LogP contribution in [0.25, 0.3) is 0 Å². The molecule has 0 aliphatic carbocycles. The second-order valence-electron chi connectivity index (χ2n) is 16.4. The number of quaternary nitrogens is 1. The largest absolute Gasteiger partial charge is 0.756 e. The van der Waals surface area contributed by atoms with Crippen LogP contribution in [0.3, 0.4) is 0 Å². The van der Waals surface area contributed by atoms with Crippen molar-refractivity contribution < 1.29 is 42.1 Å². The van der Waals surface area contributed by atoms with Gasteiger partial charge in [0.15, 0.2) is 6.10 Å². The zero-order chi connectivity index (χ0) is 41.4. The highest BCUT2D eigenvalue weighted by Crippen LogP contribution is 2.38. The topological polar surface area (TPSA) is 111 Å². The fraction of sp³-hybridized carbons (Fsp3) is 0.826. The van der Waals surface area contributed by atoms with E-state index in [1.54, 1.807) is 0 Å². The second kappa shape index (κ2) is 38.7. The highest BCUT2D eigenvalue weighted by molar-refractivity contribution is 7.45. The first-order valence-corrected chi connectivity index (χ1v) is 24.2. The Labute approximate surface area is 344 Å². The Morgan fingerprint density at radius 3 is 1.48 bits per heavy atom. The molecule has 0 aromatic rings. The van der Waals surface area contributed by atoms with Crippen LogP contribution in [0, 0.1) is 0 Å². The normalized spacial score (nSPS) is 13.9. The Hall–Kier alpha value is -1.77. The van der Waals surface area contributed by atoms with E-state index in [4.69, 9.17) is 18.5 Å². The van der Waals surface area contributed by atoms with E-state index in [1.165, 1.54) is 109 Å². The molecule has 0 saturated carbocycles. The number of esters is 2. The molecule has 0 heterocycles. The minimum absolute atomic E-state index is 0.0395. The molecule has 0 fully saturated rings. The van der Waals surface area contributed by atoms with Gasteiger partial charge in [0.2, 0.25) is 0 Å². The lowest BCUT2D eigenvalue weighted by molar-refractivity contribution is -0.870. The number of allylic oxidation sites excluding steroid dienone is 6. The molecule has 328 valence electrons. The average molecular weight is 812 g/mol. The van der Waals surface area contributed by atoms with Crippen LogP contribution in [0.2, 0.25) is 0 Å². The lowest BCUT2D eigenvalue weighted by Gasteiger charge is -2.28. The first-order valence-electron chi connectivity index (χ1n) is 22.7. The maximum atomic E-state index is 12.7. The Bertz CT molecular complexity index is 1050. The van der Waals surface area contributed by atoms with Gasteiger partial charge in [-0.25, -0.2) is 0 Å². The van der Waals surface area contributed by atoms with Crippen LogP contribution >= 0.6 is 7.82 Å². The second-order valence-corrected chi connectivity index (χ2v) is 17.8. The van der Waals surface area contributed by atoms with Crippen molar-refractivity contribution in [1.29, 1.82) is 0 Å². The van der Waals surface area contributed by atoms with Gasteiger partial charge < -0.3 is 27.9 Å². The van der Waals surface area contributed by atoms with E-state index >= 15 is 0 Å². The summed E-state index contributed by atoms with van der Waals surface area (Å²) in [5.74, 6) is -0.904. The number of carbonyl (C=O) groups excluding carboxylic acids is 2. The van der Waals surface area contributed by atoms with Crippen LogP contribution in [0.1, 0.15) is 194 Å². The molecule has 0 aliphatic heterocycles. The van der Waals surface area contributed by atoms with Gasteiger partial charge in [0.05, 0.1) is 27.7 Å². The van der Waals surface area contributed by atoms with Crippen molar-refractivity contribution in [3.05, 3.63) is 36.5 Å². The minimum atomic E-state index is -4.64. The van der Waals surface area contributed by atoms with Crippen molar-refractivity contribution in [3.8, 4) is 0 Å². The summed E-state index contributed by atoms with van der Waals surface area (Å²) in [6.45, 7) is 4.17. The molecule has 56 heavy (non-hydrogen) atoms. The molecular weight excluding hydrogens is 725 g/mol. The molecule has 9 nitrogen and oxygen atoms in total. The Morgan fingerprint density at radius 1 is 0.554 bits per heavy atom. The van der Waals surface area contributed by atoms with Gasteiger partial charge in [-0.1, -0.05) is 153 Å². The Balaban J connectivity index is 4.42. The summed E-state index contributed by atoms with van der Waals surface area (Å²) in [7, 11) is 1.14. The summed E-state index contributed by atoms with van der Waals surface area (Å²) >= 11 is 0. The summed E-state index contributed by atoms with van der Waals surface area (Å²) in [5.41, 5.74) is 0. The maximum absolute atomic E-state index is 12.7. The van der Waals surface area contributed by atoms with Crippen molar-refractivity contribution in [1.82, 2.24) is 0 Å². The number of hydrogen-bond donors (Lipinski definition) is 0. The van der Waals surface area contributed by atoms with Gasteiger partial charge in [0.25, 0.3) is 7.82 Å². The van der Waals surface area contributed by atoms with E-state index < -0.39 is 32.5 Å². The van der Waals surface area contributed by atoms with Gasteiger partial charge in [-0.3, -0.25) is 14.2 Å². The number of nitrogens with zero attached hydrogens (tertiary/aromatic N) is 1. The molecule has 1 unspecified atom stereocenters. The van der Waals surface area contributed by atoms with Gasteiger partial charge in [0, 0.05) is 12.8 Å². The number of carbonyl (C=O) groups is 2. The van der Waals surface area contributed by atoms with E-state index in [9.17, 15) is 19.0 Å². The Morgan fingerprint density at radius 2 is 0.982 bits per heavy atom. The lowest BCUT2D eigenvalue weighted by Crippen LogP contribution is -2.37. The molecule has 0 aromatic carbocycles. The number of unbranched alkanes of at least 4 members (excludes halogenated alkanes) is 21. The number of phosphoric ester groups is 1. The molecule has 0 radical (unpaired) electrons. The third-order valence-electron chi connectivity index (χ3n) is 9.63. The zero-order valence-corrected chi connectivity index (χ0v) is 37.7. The predicted molar refractivity (Wildman–Crippen MR) is 231 cm³/mol. The van der Waals surface area contributed by atoms with Crippen molar-refractivity contribution in [3.63, 3.8) is 0 Å². The average Bonchev–Trinajstić information content (AvgIpc) is 3.15. The summed E-state index contributed by atoms with van der Waals surface area (Å²) < 4.78 is 33.8. The number of phosphoric acid groups is 1. The van der Waals surface area contributed by atoms with Gasteiger partial charge in [-0.2, -0.15) is 0 Å². The highest BCUT2D eigenvalue weighted by atomic mass is 31.2. The molecule has 2 atom stereocenters. The van der Waals surface area contributed by atoms with Crippen molar-refractivity contribution in [2.24, 2.45) is 0 Å². The van der Waals surface area contributed by atoms with Crippen LogP contribution in [-0.4, -0.2) is 70.0 Å². The number of hydrogen-bond acceptors (Lipinski definition) is 8. The van der Waals surface area contributed by atoms with Crippen LogP contribution in [-0.2, 0) is 32.7 Å². The van der Waals surface area contributed by atoms with E-state index in [2.05, 4.69) is 50.3 Å². The first kappa shape index (κ1) is 54.2. The lowest BCUT2D eigenvalue weighted by atomic mass is 10.1. The Kier molecular flexibility index (Phi) is 37.5. The molecule has 0 saturated heterocycles. The van der Waals surface area contributed by atoms with Crippen LogP contribution in [0.15, 0.2) is 36.5 Å². The van der Waals surface area contributed by atoms with Crippen LogP contribution in [0.4, 0.5) is 0 Å². The molecule has 10 heteroatoms. The van der Waals surface area contributed by atoms with E-state index in [1.807, 2.05) is 21.1 Å². The standard InChI is InChI=1S/C46H86NO8P/c1-6-8-10-12-14-16-18-20-22-23-25-26-28-30-32-34-36-38-45(48)52-42-44(43-54-56(50,51)53-41-40-47(3,4)5)55-46(49)39-37-35-33-31-29-27-24-21-19-17-15-13-11-9-7-2/h25-27,29-30,32,44H,6-24,28,31,33-43H2,1-5H3/b26-25+,29-27+,32-30+/t44-/m1/s1. The van der Waals surface area contributed by atoms with Gasteiger partial charge in [0.1, 0.15) is 19.8 Å². The molecular formula is C46H86NO8P. The summed E-state index contributed by atoms with van der Waals surface area (Å²) in [6.07, 6.45) is 43.2. The van der Waals surface area contributed by atoms with Crippen molar-refractivity contribution >= 4 is 19.8 Å². The third kappa shape index (κ3) is 41.9. The van der Waals surface area contributed by atoms with Crippen LogP contribution in [0.5, 0.6) is 0 Å². The smallest absolute Gasteiger partial charge is 0.306 e. The van der Waals surface area contributed by atoms with Crippen molar-refractivity contribution in [2.45, 2.75) is 200 Å². The third-order valence-corrected chi connectivity index (χ3v) is 10.6. The molecule has 0 amide bonds. The monoisotopic (exact) mass is 812 g/mol. The van der Waals surface area contributed by atoms with E-state index in [0.29, 0.717) is 23.9 Å². The molecule has 0 aliphatic rings. The summed E-state index contributed by atoms with van der Waals surface area (Å²) in [5, 5.41) is 0. The molecule has 0 bridgehead atoms. The minimum Gasteiger partial charge on any atom is -0.756 e. The highest BCUT2D eigenvalue weighted by Gasteiger charge is 2.21. The van der Waals surface area contributed by atoms with Gasteiger partial charge >= 0.3 is 11.9 Å². The van der Waals surface area contributed by atoms with Gasteiger partial charge in [-0.05, 0) is 64.2 Å². The fourth-order valence-corrected chi connectivity index (χ4v) is 6.77. The van der Waals surface area contributed by atoms with Crippen LogP contribution < -0.4 is 4.89 Å². The van der Waals surface area contributed by atoms with Crippen molar-refractivity contribution in [2.75, 3.05) is 47.5 Å².